The number of carboxylic acid groups (broad SMARTS) is 1. The molecule has 0 heterocycles. The average Bonchev–Trinajstić information content (AvgIpc) is 2.34. The summed E-state index contributed by atoms with van der Waals surface area (Å²) < 4.78 is 0. The molecule has 98 valence electrons. The highest BCUT2D eigenvalue weighted by Crippen LogP contribution is 2.15. The third kappa shape index (κ3) is 5.04. The van der Waals surface area contributed by atoms with Gasteiger partial charge in [-0.05, 0) is 36.1 Å². The minimum absolute atomic E-state index is 0.699. The van der Waals surface area contributed by atoms with Crippen LogP contribution in [-0.4, -0.2) is 24.7 Å². The molecule has 0 aliphatic rings. The van der Waals surface area contributed by atoms with Crippen LogP contribution in [0, 0.1) is 5.92 Å². The third-order valence-electron chi connectivity index (χ3n) is 2.79. The van der Waals surface area contributed by atoms with Crippen molar-refractivity contribution in [2.75, 3.05) is 18.5 Å². The van der Waals surface area contributed by atoms with Crippen molar-refractivity contribution < 1.29 is 9.90 Å². The van der Waals surface area contributed by atoms with E-state index in [2.05, 4.69) is 25.8 Å². The Morgan fingerprint density at radius 2 is 1.94 bits per heavy atom. The van der Waals surface area contributed by atoms with E-state index in [1.807, 2.05) is 24.3 Å². The van der Waals surface area contributed by atoms with E-state index in [-0.39, 0.29) is 0 Å². The molecule has 0 amide bonds. The van der Waals surface area contributed by atoms with E-state index in [9.17, 15) is 4.79 Å². The Bertz CT molecular complexity index is 407. The number of benzene rings is 1. The van der Waals surface area contributed by atoms with Gasteiger partial charge >= 0.3 is 5.97 Å². The fourth-order valence-corrected chi connectivity index (χ4v) is 1.59. The molecular weight excluding hydrogens is 226 g/mol. The lowest BCUT2D eigenvalue weighted by atomic mass is 10.1. The number of aliphatic carboxylic acids is 1. The molecule has 3 heteroatoms. The lowest BCUT2D eigenvalue weighted by molar-refractivity contribution is -0.131. The van der Waals surface area contributed by atoms with Gasteiger partial charge in [-0.25, -0.2) is 4.79 Å². The van der Waals surface area contributed by atoms with E-state index in [1.54, 1.807) is 6.08 Å². The highest BCUT2D eigenvalue weighted by Gasteiger charge is 2.02. The number of carboxylic acids is 1. The second-order valence-corrected chi connectivity index (χ2v) is 4.87. The van der Waals surface area contributed by atoms with Crippen LogP contribution in [-0.2, 0) is 4.79 Å². The van der Waals surface area contributed by atoms with Crippen LogP contribution in [0.1, 0.15) is 25.8 Å². The number of anilines is 1. The van der Waals surface area contributed by atoms with E-state index in [4.69, 9.17) is 5.11 Å². The Kier molecular flexibility index (Phi) is 5.43. The molecule has 0 fully saturated rings. The topological polar surface area (TPSA) is 40.5 Å². The molecule has 0 bridgehead atoms. The van der Waals surface area contributed by atoms with Crippen LogP contribution in [0.15, 0.2) is 30.3 Å². The molecule has 0 aromatic heterocycles. The van der Waals surface area contributed by atoms with Crippen molar-refractivity contribution in [2.45, 2.75) is 20.3 Å². The summed E-state index contributed by atoms with van der Waals surface area (Å²) in [6, 6.07) is 7.89. The molecule has 0 unspecified atom stereocenters. The number of carbonyl (C=O) groups is 1. The summed E-state index contributed by atoms with van der Waals surface area (Å²) in [4.78, 5) is 12.6. The minimum Gasteiger partial charge on any atom is -0.478 e. The first-order valence-corrected chi connectivity index (χ1v) is 6.21. The predicted molar refractivity (Wildman–Crippen MR) is 75.8 cm³/mol. The molecule has 0 atom stereocenters. The van der Waals surface area contributed by atoms with Gasteiger partial charge in [-0.3, -0.25) is 0 Å². The Morgan fingerprint density at radius 3 is 2.44 bits per heavy atom. The van der Waals surface area contributed by atoms with Crippen molar-refractivity contribution in [3.63, 3.8) is 0 Å². The van der Waals surface area contributed by atoms with E-state index in [0.717, 1.165) is 30.3 Å². The van der Waals surface area contributed by atoms with Gasteiger partial charge < -0.3 is 10.0 Å². The summed E-state index contributed by atoms with van der Waals surface area (Å²) in [5.74, 6) is -0.224. The van der Waals surface area contributed by atoms with Gasteiger partial charge in [0.05, 0.1) is 0 Å². The van der Waals surface area contributed by atoms with Crippen molar-refractivity contribution in [1.82, 2.24) is 0 Å². The van der Waals surface area contributed by atoms with Gasteiger partial charge in [-0.1, -0.05) is 26.0 Å². The summed E-state index contributed by atoms with van der Waals surface area (Å²) >= 11 is 0. The van der Waals surface area contributed by atoms with Crippen LogP contribution < -0.4 is 4.90 Å². The predicted octanol–water partition coefficient (Wildman–Crippen LogP) is 3.27. The summed E-state index contributed by atoms with van der Waals surface area (Å²) in [6.45, 7) is 5.46. The van der Waals surface area contributed by atoms with Crippen LogP contribution >= 0.6 is 0 Å². The van der Waals surface area contributed by atoms with Crippen molar-refractivity contribution in [1.29, 1.82) is 0 Å². The van der Waals surface area contributed by atoms with Crippen LogP contribution in [0.3, 0.4) is 0 Å². The first-order valence-electron chi connectivity index (χ1n) is 6.21. The van der Waals surface area contributed by atoms with E-state index >= 15 is 0 Å². The van der Waals surface area contributed by atoms with Gasteiger partial charge in [0.1, 0.15) is 0 Å². The van der Waals surface area contributed by atoms with E-state index in [0.29, 0.717) is 5.92 Å². The van der Waals surface area contributed by atoms with Crippen LogP contribution in [0.2, 0.25) is 0 Å². The van der Waals surface area contributed by atoms with Crippen molar-refractivity contribution >= 4 is 17.7 Å². The largest absolute Gasteiger partial charge is 0.478 e. The standard InChI is InChI=1S/C15H21NO2/c1-12(2)10-11-16(3)14-7-4-13(5-8-14)6-9-15(17)18/h4-9,12H,10-11H2,1-3H3,(H,17,18)/b9-6+. The lowest BCUT2D eigenvalue weighted by Gasteiger charge is -2.20. The molecule has 1 N–H and O–H groups in total. The number of hydrogen-bond donors (Lipinski definition) is 1. The first-order chi connectivity index (χ1) is 8.49. The first kappa shape index (κ1) is 14.3. The van der Waals surface area contributed by atoms with E-state index in [1.165, 1.54) is 0 Å². The second kappa shape index (κ2) is 6.84. The Labute approximate surface area is 109 Å². The molecule has 0 aliphatic heterocycles. The summed E-state index contributed by atoms with van der Waals surface area (Å²) in [5, 5.41) is 8.54. The number of nitrogens with zero attached hydrogens (tertiary/aromatic N) is 1. The van der Waals surface area contributed by atoms with Gasteiger partial charge in [-0.15, -0.1) is 0 Å². The maximum absolute atomic E-state index is 10.4. The summed E-state index contributed by atoms with van der Waals surface area (Å²) in [5.41, 5.74) is 2.06. The van der Waals surface area contributed by atoms with Gasteiger partial charge in [-0.2, -0.15) is 0 Å². The Balaban J connectivity index is 2.61. The molecule has 3 nitrogen and oxygen atoms in total. The zero-order valence-corrected chi connectivity index (χ0v) is 11.3. The van der Waals surface area contributed by atoms with Crippen LogP contribution in [0.25, 0.3) is 6.08 Å². The van der Waals surface area contributed by atoms with Gasteiger partial charge in [0.2, 0.25) is 0 Å². The Hall–Kier alpha value is -1.77. The quantitative estimate of drug-likeness (QED) is 0.784. The Morgan fingerprint density at radius 1 is 1.33 bits per heavy atom. The zero-order valence-electron chi connectivity index (χ0n) is 11.3. The highest BCUT2D eigenvalue weighted by molar-refractivity contribution is 5.85. The smallest absolute Gasteiger partial charge is 0.328 e. The van der Waals surface area contributed by atoms with Crippen LogP contribution in [0.4, 0.5) is 5.69 Å². The zero-order chi connectivity index (χ0) is 13.5. The third-order valence-corrected chi connectivity index (χ3v) is 2.79. The van der Waals surface area contributed by atoms with Gasteiger partial charge in [0.25, 0.3) is 0 Å². The maximum atomic E-state index is 10.4. The highest BCUT2D eigenvalue weighted by atomic mass is 16.4. The molecule has 0 saturated carbocycles. The minimum atomic E-state index is -0.923. The van der Waals surface area contributed by atoms with Gasteiger partial charge in [0, 0.05) is 25.4 Å². The monoisotopic (exact) mass is 247 g/mol. The normalized spacial score (nSPS) is 11.1. The molecule has 1 aromatic carbocycles. The van der Waals surface area contributed by atoms with Crippen LogP contribution in [0.5, 0.6) is 0 Å². The molecule has 0 aliphatic carbocycles. The van der Waals surface area contributed by atoms with Crippen molar-refractivity contribution in [2.24, 2.45) is 5.92 Å². The molecular formula is C15H21NO2. The molecule has 18 heavy (non-hydrogen) atoms. The number of rotatable bonds is 6. The fourth-order valence-electron chi connectivity index (χ4n) is 1.59. The molecule has 0 radical (unpaired) electrons. The molecule has 1 aromatic rings. The summed E-state index contributed by atoms with van der Waals surface area (Å²) in [7, 11) is 2.07. The second-order valence-electron chi connectivity index (χ2n) is 4.87. The molecule has 0 saturated heterocycles. The maximum Gasteiger partial charge on any atom is 0.328 e. The molecule has 0 spiro atoms. The van der Waals surface area contributed by atoms with Crippen molar-refractivity contribution in [3.05, 3.63) is 35.9 Å². The van der Waals surface area contributed by atoms with Gasteiger partial charge in [0.15, 0.2) is 0 Å². The van der Waals surface area contributed by atoms with E-state index < -0.39 is 5.97 Å². The lowest BCUT2D eigenvalue weighted by Crippen LogP contribution is -2.19. The molecule has 1 rings (SSSR count). The summed E-state index contributed by atoms with van der Waals surface area (Å²) in [6.07, 6.45) is 3.91. The SMILES string of the molecule is CC(C)CCN(C)c1ccc(/C=C/C(=O)O)cc1. The number of hydrogen-bond acceptors (Lipinski definition) is 2. The fraction of sp³-hybridized carbons (Fsp3) is 0.400. The average molecular weight is 247 g/mol. The van der Waals surface area contributed by atoms with Crippen molar-refractivity contribution in [3.8, 4) is 0 Å².